The van der Waals surface area contributed by atoms with Crippen LogP contribution >= 0.6 is 0 Å². The summed E-state index contributed by atoms with van der Waals surface area (Å²) in [4.78, 5) is 25.3. The van der Waals surface area contributed by atoms with E-state index in [1.807, 2.05) is 48.5 Å². The van der Waals surface area contributed by atoms with Gasteiger partial charge < -0.3 is 34.5 Å². The van der Waals surface area contributed by atoms with Crippen LogP contribution in [0.4, 0.5) is 0 Å². The summed E-state index contributed by atoms with van der Waals surface area (Å²) in [5, 5.41) is 21.2. The molecule has 252 valence electrons. The maximum Gasteiger partial charge on any atom is 0.303 e. The molecule has 0 aromatic heterocycles. The van der Waals surface area contributed by atoms with E-state index in [4.69, 9.17) is 24.1 Å². The number of unbranched alkanes of at least 4 members (excludes halogenated alkanes) is 2. The minimum atomic E-state index is -0.805. The fourth-order valence-corrected chi connectivity index (χ4v) is 6.24. The average Bonchev–Trinajstić information content (AvgIpc) is 3.10. The second kappa shape index (κ2) is 16.7. The Balaban J connectivity index is 1.22. The Hall–Kier alpha value is -3.96. The highest BCUT2D eigenvalue weighted by Gasteiger charge is 2.34. The summed E-state index contributed by atoms with van der Waals surface area (Å²) in [6.07, 6.45) is 3.29. The molecule has 47 heavy (non-hydrogen) atoms. The van der Waals surface area contributed by atoms with Gasteiger partial charge in [-0.25, -0.2) is 0 Å². The Kier molecular flexibility index (Phi) is 12.2. The second-order valence-electron chi connectivity index (χ2n) is 12.3. The van der Waals surface area contributed by atoms with Crippen LogP contribution in [0.1, 0.15) is 84.3 Å². The minimum Gasteiger partial charge on any atom is -0.493 e. The van der Waals surface area contributed by atoms with E-state index >= 15 is 0 Å². The van der Waals surface area contributed by atoms with E-state index < -0.39 is 12.3 Å². The zero-order chi connectivity index (χ0) is 33.2. The Morgan fingerprint density at radius 3 is 2.21 bits per heavy atom. The molecule has 3 aromatic carbocycles. The highest BCUT2D eigenvalue weighted by atomic mass is 16.7. The number of methoxy groups -OCH3 is 2. The number of rotatable bonds is 15. The molecular weight excluding hydrogens is 600 g/mol. The lowest BCUT2D eigenvalue weighted by atomic mass is 9.97. The molecule has 0 bridgehead atoms. The molecule has 2 aliphatic rings. The van der Waals surface area contributed by atoms with E-state index in [2.05, 4.69) is 22.3 Å². The lowest BCUT2D eigenvalue weighted by Crippen LogP contribution is -2.41. The lowest BCUT2D eigenvalue weighted by molar-refractivity contribution is -0.253. The molecule has 0 spiro atoms. The minimum absolute atomic E-state index is 0.00709. The van der Waals surface area contributed by atoms with Gasteiger partial charge in [-0.15, -0.1) is 0 Å². The number of hydrogen-bond acceptors (Lipinski definition) is 8. The van der Waals surface area contributed by atoms with Gasteiger partial charge >= 0.3 is 5.97 Å². The molecule has 3 atom stereocenters. The molecule has 3 aromatic rings. The number of hydrogen-bond donors (Lipinski definition) is 3. The first kappa shape index (κ1) is 34.4. The van der Waals surface area contributed by atoms with E-state index in [9.17, 15) is 14.7 Å². The van der Waals surface area contributed by atoms with Gasteiger partial charge in [0.25, 0.3) is 0 Å². The van der Waals surface area contributed by atoms with Crippen molar-refractivity contribution in [2.75, 3.05) is 27.3 Å². The SMILES string of the molecule is COc1cc2c(cc1OC)CN(C[C@H]1C[C@@H](c3ccc(CO)cc3)O[C@@H](c3ccc(CNC(=O)CCCCCC(=O)O)cc3)O1)CC2. The Morgan fingerprint density at radius 1 is 0.872 bits per heavy atom. The summed E-state index contributed by atoms with van der Waals surface area (Å²) in [5.41, 5.74) is 6.28. The Labute approximate surface area is 276 Å². The number of nitrogens with one attached hydrogen (secondary N) is 1. The first-order valence-electron chi connectivity index (χ1n) is 16.4. The van der Waals surface area contributed by atoms with Gasteiger partial charge in [-0.05, 0) is 59.2 Å². The zero-order valence-corrected chi connectivity index (χ0v) is 27.3. The van der Waals surface area contributed by atoms with Crippen LogP contribution in [0.3, 0.4) is 0 Å². The topological polar surface area (TPSA) is 127 Å². The normalized spacial score (nSPS) is 19.5. The predicted octanol–water partition coefficient (Wildman–Crippen LogP) is 5.45. The molecule has 1 amide bonds. The summed E-state index contributed by atoms with van der Waals surface area (Å²) >= 11 is 0. The third-order valence-corrected chi connectivity index (χ3v) is 8.91. The van der Waals surface area contributed by atoms with Gasteiger partial charge in [0.15, 0.2) is 17.8 Å². The first-order valence-corrected chi connectivity index (χ1v) is 16.4. The molecule has 0 radical (unpaired) electrons. The van der Waals surface area contributed by atoms with E-state index in [0.29, 0.717) is 32.2 Å². The summed E-state index contributed by atoms with van der Waals surface area (Å²) in [6, 6.07) is 20.0. The fraction of sp³-hybridized carbons (Fsp3) is 0.459. The van der Waals surface area contributed by atoms with Crippen molar-refractivity contribution in [2.24, 2.45) is 0 Å². The third-order valence-electron chi connectivity index (χ3n) is 8.91. The van der Waals surface area contributed by atoms with Crippen LogP contribution < -0.4 is 14.8 Å². The van der Waals surface area contributed by atoms with E-state index in [1.54, 1.807) is 14.2 Å². The van der Waals surface area contributed by atoms with Crippen LogP contribution in [0, 0.1) is 0 Å². The van der Waals surface area contributed by atoms with Crippen LogP contribution in [0.15, 0.2) is 60.7 Å². The summed E-state index contributed by atoms with van der Waals surface area (Å²) < 4.78 is 24.2. The Morgan fingerprint density at radius 2 is 1.53 bits per heavy atom. The number of aliphatic hydroxyl groups is 1. The predicted molar refractivity (Wildman–Crippen MR) is 176 cm³/mol. The number of aliphatic carboxylic acids is 1. The molecule has 5 rings (SSSR count). The number of ether oxygens (including phenoxy) is 4. The molecule has 3 N–H and O–H groups in total. The summed E-state index contributed by atoms with van der Waals surface area (Å²) in [7, 11) is 3.32. The third kappa shape index (κ3) is 9.54. The van der Waals surface area contributed by atoms with Crippen molar-refractivity contribution in [1.29, 1.82) is 0 Å². The van der Waals surface area contributed by atoms with Crippen LogP contribution in [0.5, 0.6) is 11.5 Å². The maximum absolute atomic E-state index is 12.3. The van der Waals surface area contributed by atoms with Gasteiger partial charge in [0.1, 0.15) is 0 Å². The number of carboxylic acid groups (broad SMARTS) is 1. The largest absolute Gasteiger partial charge is 0.493 e. The quantitative estimate of drug-likeness (QED) is 0.185. The average molecular weight is 647 g/mol. The molecule has 0 aliphatic carbocycles. The molecule has 2 aliphatic heterocycles. The van der Waals surface area contributed by atoms with Crippen molar-refractivity contribution in [3.8, 4) is 11.5 Å². The van der Waals surface area contributed by atoms with Crippen LogP contribution in [0.2, 0.25) is 0 Å². The standard InChI is InChI=1S/C37H46N2O8/c1-44-33-18-29-16-17-39(22-30(29)19-34(33)45-2)23-31-20-32(27-12-10-26(24-40)11-13-27)47-37(46-31)28-14-8-25(9-15-28)21-38-35(41)6-4-3-5-7-36(42)43/h8-15,18-19,31-32,37,40H,3-7,16-17,20-24H2,1-2H3,(H,38,41)(H,42,43)/t31-,32+,37+/m1/s1. The van der Waals surface area contributed by atoms with Gasteiger partial charge in [-0.1, -0.05) is 55.0 Å². The second-order valence-corrected chi connectivity index (χ2v) is 12.3. The first-order chi connectivity index (χ1) is 22.8. The fourth-order valence-electron chi connectivity index (χ4n) is 6.24. The van der Waals surface area contributed by atoms with Crippen molar-refractivity contribution in [1.82, 2.24) is 10.2 Å². The van der Waals surface area contributed by atoms with Crippen molar-refractivity contribution >= 4 is 11.9 Å². The van der Waals surface area contributed by atoms with Gasteiger partial charge in [-0.2, -0.15) is 0 Å². The van der Waals surface area contributed by atoms with Gasteiger partial charge in [0, 0.05) is 51.0 Å². The maximum atomic E-state index is 12.3. The number of carbonyl (C=O) groups is 2. The zero-order valence-electron chi connectivity index (χ0n) is 27.3. The monoisotopic (exact) mass is 646 g/mol. The smallest absolute Gasteiger partial charge is 0.303 e. The number of benzene rings is 3. The number of aliphatic hydroxyl groups excluding tert-OH is 1. The highest BCUT2D eigenvalue weighted by molar-refractivity contribution is 5.75. The summed E-state index contributed by atoms with van der Waals surface area (Å²) in [5.74, 6) is 0.640. The van der Waals surface area contributed by atoms with Crippen LogP contribution in [0.25, 0.3) is 0 Å². The summed E-state index contributed by atoms with van der Waals surface area (Å²) in [6.45, 7) is 2.86. The van der Waals surface area contributed by atoms with Crippen LogP contribution in [-0.2, 0) is 45.2 Å². The molecule has 1 fully saturated rings. The van der Waals surface area contributed by atoms with Crippen molar-refractivity contribution < 1.29 is 38.7 Å². The molecule has 2 heterocycles. The van der Waals surface area contributed by atoms with E-state index in [1.165, 1.54) is 11.1 Å². The molecular formula is C37H46N2O8. The Bertz CT molecular complexity index is 1480. The van der Waals surface area contributed by atoms with Gasteiger partial charge in [-0.3, -0.25) is 14.5 Å². The number of nitrogens with zero attached hydrogens (tertiary/aromatic N) is 1. The van der Waals surface area contributed by atoms with Gasteiger partial charge in [0.05, 0.1) is 33.0 Å². The lowest BCUT2D eigenvalue weighted by Gasteiger charge is -2.39. The van der Waals surface area contributed by atoms with Crippen molar-refractivity contribution in [3.63, 3.8) is 0 Å². The van der Waals surface area contributed by atoms with Crippen LogP contribution in [-0.4, -0.2) is 60.4 Å². The molecule has 10 nitrogen and oxygen atoms in total. The number of fused-ring (bicyclic) bond motifs is 1. The number of carboxylic acids is 1. The number of amides is 1. The number of carbonyl (C=O) groups excluding carboxylic acids is 1. The van der Waals surface area contributed by atoms with Crippen molar-refractivity contribution in [3.05, 3.63) is 94.0 Å². The molecule has 1 saturated heterocycles. The molecule has 0 saturated carbocycles. The highest BCUT2D eigenvalue weighted by Crippen LogP contribution is 2.39. The molecule has 10 heteroatoms. The van der Waals surface area contributed by atoms with E-state index in [0.717, 1.165) is 66.2 Å². The molecule has 0 unspecified atom stereocenters. The van der Waals surface area contributed by atoms with E-state index in [-0.39, 0.29) is 31.1 Å². The van der Waals surface area contributed by atoms with Gasteiger partial charge in [0.2, 0.25) is 5.91 Å². The van der Waals surface area contributed by atoms with Crippen molar-refractivity contribution in [2.45, 2.75) is 83.1 Å².